The van der Waals surface area contributed by atoms with E-state index in [2.05, 4.69) is 0 Å². The summed E-state index contributed by atoms with van der Waals surface area (Å²) in [6.45, 7) is 3.05. The third-order valence-electron chi connectivity index (χ3n) is 3.60. The van der Waals surface area contributed by atoms with Crippen molar-refractivity contribution >= 4 is 40.9 Å². The number of hydrogen-bond donors (Lipinski definition) is 0. The number of ether oxygens (including phenoxy) is 4. The second kappa shape index (κ2) is 10.5. The van der Waals surface area contributed by atoms with Crippen LogP contribution in [0.2, 0.25) is 0 Å². The molecule has 0 saturated carbocycles. The van der Waals surface area contributed by atoms with Gasteiger partial charge in [-0.1, -0.05) is 6.07 Å². The van der Waals surface area contributed by atoms with Gasteiger partial charge in [-0.15, -0.1) is 0 Å². The highest BCUT2D eigenvalue weighted by atomic mass is 32.2. The van der Waals surface area contributed by atoms with E-state index in [1.54, 1.807) is 32.0 Å². The van der Waals surface area contributed by atoms with Gasteiger partial charge in [-0.2, -0.15) is 0 Å². The van der Waals surface area contributed by atoms with E-state index in [0.29, 0.717) is 17.1 Å². The van der Waals surface area contributed by atoms with Crippen LogP contribution in [-0.4, -0.2) is 61.5 Å². The summed E-state index contributed by atoms with van der Waals surface area (Å²) >= 11 is 0.732. The van der Waals surface area contributed by atoms with E-state index in [1.807, 2.05) is 0 Å². The van der Waals surface area contributed by atoms with Crippen LogP contribution >= 0.6 is 11.8 Å². The maximum atomic E-state index is 12.4. The summed E-state index contributed by atoms with van der Waals surface area (Å²) in [5.74, 6) is -1.06. The Labute approximate surface area is 171 Å². The highest BCUT2D eigenvalue weighted by Gasteiger charge is 2.36. The van der Waals surface area contributed by atoms with Crippen LogP contribution in [0.1, 0.15) is 19.4 Å². The molecule has 1 saturated heterocycles. The van der Waals surface area contributed by atoms with Gasteiger partial charge in [0.05, 0.1) is 25.2 Å². The van der Waals surface area contributed by atoms with Crippen LogP contribution in [0.4, 0.5) is 4.79 Å². The highest BCUT2D eigenvalue weighted by Crippen LogP contribution is 2.34. The quantitative estimate of drug-likeness (QED) is 0.436. The van der Waals surface area contributed by atoms with Gasteiger partial charge in [0.25, 0.3) is 11.1 Å². The SMILES string of the molecule is CCOC(=O)COc1ccc(/C=C2/SC(=O)N(CC(=O)OCC)C2=O)cc1OC. The van der Waals surface area contributed by atoms with Crippen molar-refractivity contribution in [2.45, 2.75) is 13.8 Å². The minimum absolute atomic E-state index is 0.162. The lowest BCUT2D eigenvalue weighted by molar-refractivity contribution is -0.146. The molecule has 1 fully saturated rings. The molecule has 1 aromatic carbocycles. The Hall–Kier alpha value is -3.01. The number of carbonyl (C=O) groups is 4. The van der Waals surface area contributed by atoms with Crippen LogP contribution < -0.4 is 9.47 Å². The van der Waals surface area contributed by atoms with E-state index in [1.165, 1.54) is 13.2 Å². The summed E-state index contributed by atoms with van der Waals surface area (Å²) in [6, 6.07) is 4.81. The Balaban J connectivity index is 2.13. The third kappa shape index (κ3) is 5.98. The average molecular weight is 423 g/mol. The molecule has 0 N–H and O–H groups in total. The lowest BCUT2D eigenvalue weighted by atomic mass is 10.2. The minimum atomic E-state index is -0.652. The molecular weight excluding hydrogens is 402 g/mol. The lowest BCUT2D eigenvalue weighted by Crippen LogP contribution is -2.34. The van der Waals surface area contributed by atoms with E-state index >= 15 is 0 Å². The summed E-state index contributed by atoms with van der Waals surface area (Å²) in [6.07, 6.45) is 1.51. The number of amides is 2. The third-order valence-corrected chi connectivity index (χ3v) is 4.51. The molecule has 156 valence electrons. The summed E-state index contributed by atoms with van der Waals surface area (Å²) in [5, 5.41) is -0.546. The van der Waals surface area contributed by atoms with Crippen LogP contribution in [0.25, 0.3) is 6.08 Å². The molecule has 0 unspecified atom stereocenters. The van der Waals surface area contributed by atoms with Crippen molar-refractivity contribution in [1.82, 2.24) is 4.90 Å². The van der Waals surface area contributed by atoms with E-state index in [-0.39, 0.29) is 24.7 Å². The molecule has 0 aromatic heterocycles. The monoisotopic (exact) mass is 423 g/mol. The molecule has 2 rings (SSSR count). The predicted octanol–water partition coefficient (Wildman–Crippen LogP) is 2.24. The van der Waals surface area contributed by atoms with Gasteiger partial charge in [-0.3, -0.25) is 19.3 Å². The Bertz CT molecular complexity index is 835. The molecule has 1 aromatic rings. The van der Waals surface area contributed by atoms with E-state index in [0.717, 1.165) is 16.7 Å². The molecule has 0 aliphatic carbocycles. The molecule has 0 bridgehead atoms. The molecule has 2 amide bonds. The molecule has 1 aliphatic rings. The van der Waals surface area contributed by atoms with Crippen LogP contribution in [0.5, 0.6) is 11.5 Å². The zero-order valence-corrected chi connectivity index (χ0v) is 17.1. The van der Waals surface area contributed by atoms with Crippen LogP contribution in [0, 0.1) is 0 Å². The molecule has 0 atom stereocenters. The summed E-state index contributed by atoms with van der Waals surface area (Å²) < 4.78 is 20.2. The van der Waals surface area contributed by atoms with Crippen molar-refractivity contribution < 1.29 is 38.1 Å². The van der Waals surface area contributed by atoms with Crippen LogP contribution in [-0.2, 0) is 23.9 Å². The number of hydrogen-bond acceptors (Lipinski definition) is 9. The van der Waals surface area contributed by atoms with Crippen molar-refractivity contribution in [1.29, 1.82) is 0 Å². The van der Waals surface area contributed by atoms with Gasteiger partial charge in [-0.25, -0.2) is 4.79 Å². The zero-order chi connectivity index (χ0) is 21.4. The van der Waals surface area contributed by atoms with E-state index in [9.17, 15) is 19.2 Å². The Morgan fingerprint density at radius 3 is 2.41 bits per heavy atom. The first kappa shape index (κ1) is 22.3. The second-order valence-corrected chi connectivity index (χ2v) is 6.57. The lowest BCUT2D eigenvalue weighted by Gasteiger charge is -2.11. The molecule has 0 spiro atoms. The summed E-state index contributed by atoms with van der Waals surface area (Å²) in [5.41, 5.74) is 0.576. The van der Waals surface area contributed by atoms with Gasteiger partial charge in [0.15, 0.2) is 18.1 Å². The number of methoxy groups -OCH3 is 1. The molecule has 29 heavy (non-hydrogen) atoms. The molecule has 9 nitrogen and oxygen atoms in total. The summed E-state index contributed by atoms with van der Waals surface area (Å²) in [7, 11) is 1.43. The fourth-order valence-corrected chi connectivity index (χ4v) is 3.19. The van der Waals surface area contributed by atoms with Crippen molar-refractivity contribution in [3.8, 4) is 11.5 Å². The van der Waals surface area contributed by atoms with E-state index < -0.39 is 29.6 Å². The van der Waals surface area contributed by atoms with Crippen LogP contribution in [0.3, 0.4) is 0 Å². The standard InChI is InChI=1S/C19H21NO8S/c1-4-26-16(21)10-20-18(23)15(29-19(20)24)9-12-6-7-13(14(8-12)25-3)28-11-17(22)27-5-2/h6-9H,4-5,10-11H2,1-3H3/b15-9+. The maximum Gasteiger partial charge on any atom is 0.344 e. The number of nitrogens with zero attached hydrogens (tertiary/aromatic N) is 1. The highest BCUT2D eigenvalue weighted by molar-refractivity contribution is 8.18. The van der Waals surface area contributed by atoms with E-state index in [4.69, 9.17) is 18.9 Å². The Morgan fingerprint density at radius 2 is 1.76 bits per heavy atom. The number of carbonyl (C=O) groups excluding carboxylic acids is 4. The molecule has 0 radical (unpaired) electrons. The first-order chi connectivity index (χ1) is 13.9. The van der Waals surface area contributed by atoms with Gasteiger partial charge < -0.3 is 18.9 Å². The van der Waals surface area contributed by atoms with Crippen molar-refractivity contribution in [2.24, 2.45) is 0 Å². The number of thioether (sulfide) groups is 1. The summed E-state index contributed by atoms with van der Waals surface area (Å²) in [4.78, 5) is 48.4. The smallest absolute Gasteiger partial charge is 0.344 e. The van der Waals surface area contributed by atoms with Crippen molar-refractivity contribution in [2.75, 3.05) is 33.5 Å². The first-order valence-electron chi connectivity index (χ1n) is 8.77. The van der Waals surface area contributed by atoms with Gasteiger partial charge in [-0.05, 0) is 49.4 Å². The van der Waals surface area contributed by atoms with Crippen molar-refractivity contribution in [3.63, 3.8) is 0 Å². The Kier molecular flexibility index (Phi) is 8.08. The van der Waals surface area contributed by atoms with Gasteiger partial charge >= 0.3 is 11.9 Å². The molecule has 1 aliphatic heterocycles. The van der Waals surface area contributed by atoms with Gasteiger partial charge in [0.1, 0.15) is 6.54 Å². The Morgan fingerprint density at radius 1 is 1.07 bits per heavy atom. The topological polar surface area (TPSA) is 108 Å². The number of rotatable bonds is 9. The second-order valence-electron chi connectivity index (χ2n) is 5.58. The van der Waals surface area contributed by atoms with Crippen LogP contribution in [0.15, 0.2) is 23.1 Å². The van der Waals surface area contributed by atoms with Gasteiger partial charge in [0, 0.05) is 0 Å². The zero-order valence-electron chi connectivity index (χ0n) is 16.3. The number of benzene rings is 1. The average Bonchev–Trinajstić information content (AvgIpc) is 2.94. The molecule has 1 heterocycles. The predicted molar refractivity (Wildman–Crippen MR) is 104 cm³/mol. The fourth-order valence-electron chi connectivity index (χ4n) is 2.36. The largest absolute Gasteiger partial charge is 0.493 e. The molecular formula is C19H21NO8S. The van der Waals surface area contributed by atoms with Crippen molar-refractivity contribution in [3.05, 3.63) is 28.7 Å². The normalized spacial score (nSPS) is 14.9. The first-order valence-corrected chi connectivity index (χ1v) is 9.58. The molecule has 10 heteroatoms. The number of imide groups is 1. The fraction of sp³-hybridized carbons (Fsp3) is 0.368. The van der Waals surface area contributed by atoms with Gasteiger partial charge in [0.2, 0.25) is 0 Å². The number of esters is 2. The maximum absolute atomic E-state index is 12.4. The minimum Gasteiger partial charge on any atom is -0.493 e.